The van der Waals surface area contributed by atoms with E-state index >= 15 is 0 Å². The number of hydrogen-bond donors (Lipinski definition) is 1. The Balaban J connectivity index is 1.66. The minimum atomic E-state index is -0.407. The number of nitrogens with one attached hydrogen (secondary N) is 1. The molecule has 0 unspecified atom stereocenters. The predicted molar refractivity (Wildman–Crippen MR) is 78.3 cm³/mol. The fourth-order valence-corrected chi connectivity index (χ4v) is 2.14. The third-order valence-corrected chi connectivity index (χ3v) is 3.28. The molecule has 0 fully saturated rings. The summed E-state index contributed by atoms with van der Waals surface area (Å²) in [4.78, 5) is 4.24. The normalized spacial score (nSPS) is 10.8. The van der Waals surface area contributed by atoms with Crippen LogP contribution in [-0.2, 0) is 0 Å². The Labute approximate surface area is 129 Å². The van der Waals surface area contributed by atoms with Crippen molar-refractivity contribution < 1.29 is 8.91 Å². The van der Waals surface area contributed by atoms with Gasteiger partial charge in [0, 0.05) is 11.1 Å². The summed E-state index contributed by atoms with van der Waals surface area (Å²) in [6.45, 7) is 0. The molecule has 2 heterocycles. The Kier molecular flexibility index (Phi) is 3.12. The molecule has 0 radical (unpaired) electrons. The SMILES string of the molecule is Fc1ccccc1-c1nc(-c2ccc(-c3nn[nH]n3)cc2)no1. The molecule has 23 heavy (non-hydrogen) atoms. The molecule has 2 aromatic heterocycles. The highest BCUT2D eigenvalue weighted by Gasteiger charge is 2.14. The monoisotopic (exact) mass is 308 g/mol. The van der Waals surface area contributed by atoms with Crippen LogP contribution in [0.4, 0.5) is 4.39 Å². The third-order valence-electron chi connectivity index (χ3n) is 3.28. The standard InChI is InChI=1S/C15H9FN6O/c16-12-4-2-1-3-11(12)15-17-13(20-23-15)9-5-7-10(8-6-9)14-18-21-22-19-14/h1-8H,(H,18,19,21,22). The summed E-state index contributed by atoms with van der Waals surface area (Å²) >= 11 is 0. The molecule has 2 aromatic carbocycles. The van der Waals surface area contributed by atoms with Gasteiger partial charge in [-0.15, -0.1) is 10.2 Å². The summed E-state index contributed by atoms with van der Waals surface area (Å²) in [5.74, 6) is 0.607. The molecule has 8 heteroatoms. The fraction of sp³-hybridized carbons (Fsp3) is 0. The zero-order chi connectivity index (χ0) is 15.6. The van der Waals surface area contributed by atoms with E-state index < -0.39 is 5.82 Å². The molecule has 4 aromatic rings. The molecular weight excluding hydrogens is 299 g/mol. The van der Waals surface area contributed by atoms with Gasteiger partial charge in [0.05, 0.1) is 5.56 Å². The van der Waals surface area contributed by atoms with Crippen LogP contribution in [0.2, 0.25) is 0 Å². The van der Waals surface area contributed by atoms with Crippen molar-refractivity contribution in [3.05, 3.63) is 54.3 Å². The van der Waals surface area contributed by atoms with Gasteiger partial charge in [0.15, 0.2) is 0 Å². The van der Waals surface area contributed by atoms with E-state index in [0.29, 0.717) is 11.6 Å². The summed E-state index contributed by atoms with van der Waals surface area (Å²) in [5, 5.41) is 17.6. The van der Waals surface area contributed by atoms with Crippen LogP contribution in [0.3, 0.4) is 0 Å². The van der Waals surface area contributed by atoms with Crippen LogP contribution in [0.5, 0.6) is 0 Å². The van der Waals surface area contributed by atoms with Crippen molar-refractivity contribution in [3.8, 4) is 34.2 Å². The second-order valence-corrected chi connectivity index (χ2v) is 4.72. The van der Waals surface area contributed by atoms with E-state index in [1.165, 1.54) is 6.07 Å². The molecule has 0 spiro atoms. The number of aromatic nitrogens is 6. The van der Waals surface area contributed by atoms with E-state index in [4.69, 9.17) is 4.52 Å². The van der Waals surface area contributed by atoms with E-state index in [2.05, 4.69) is 30.8 Å². The number of aromatic amines is 1. The lowest BCUT2D eigenvalue weighted by molar-refractivity contribution is 0.429. The molecule has 0 amide bonds. The van der Waals surface area contributed by atoms with Crippen LogP contribution >= 0.6 is 0 Å². The van der Waals surface area contributed by atoms with Gasteiger partial charge >= 0.3 is 0 Å². The van der Waals surface area contributed by atoms with Crippen molar-refractivity contribution >= 4 is 0 Å². The maximum atomic E-state index is 13.7. The smallest absolute Gasteiger partial charge is 0.261 e. The van der Waals surface area contributed by atoms with Crippen LogP contribution in [0.25, 0.3) is 34.2 Å². The zero-order valence-electron chi connectivity index (χ0n) is 11.6. The topological polar surface area (TPSA) is 93.4 Å². The van der Waals surface area contributed by atoms with Crippen LogP contribution in [0, 0.1) is 5.82 Å². The lowest BCUT2D eigenvalue weighted by atomic mass is 10.1. The average Bonchev–Trinajstić information content (AvgIpc) is 3.27. The van der Waals surface area contributed by atoms with Crippen molar-refractivity contribution in [3.63, 3.8) is 0 Å². The summed E-state index contributed by atoms with van der Waals surface area (Å²) in [6.07, 6.45) is 0. The number of nitrogens with zero attached hydrogens (tertiary/aromatic N) is 5. The molecule has 0 aliphatic carbocycles. The highest BCUT2D eigenvalue weighted by atomic mass is 19.1. The Morgan fingerprint density at radius 1 is 0.913 bits per heavy atom. The largest absolute Gasteiger partial charge is 0.334 e. The molecule has 7 nitrogen and oxygen atoms in total. The van der Waals surface area contributed by atoms with E-state index in [-0.39, 0.29) is 11.5 Å². The number of tetrazole rings is 1. The van der Waals surface area contributed by atoms with Gasteiger partial charge in [-0.2, -0.15) is 10.2 Å². The van der Waals surface area contributed by atoms with Crippen LogP contribution in [0.15, 0.2) is 53.1 Å². The first kappa shape index (κ1) is 13.3. The predicted octanol–water partition coefficient (Wildman–Crippen LogP) is 2.72. The Morgan fingerprint density at radius 2 is 1.65 bits per heavy atom. The quantitative estimate of drug-likeness (QED) is 0.625. The number of benzene rings is 2. The molecule has 0 aliphatic rings. The van der Waals surface area contributed by atoms with E-state index in [0.717, 1.165) is 11.1 Å². The van der Waals surface area contributed by atoms with Crippen molar-refractivity contribution in [2.75, 3.05) is 0 Å². The third kappa shape index (κ3) is 2.46. The molecular formula is C15H9FN6O. The average molecular weight is 308 g/mol. The first-order chi connectivity index (χ1) is 11.3. The molecule has 1 N–H and O–H groups in total. The van der Waals surface area contributed by atoms with Gasteiger partial charge in [-0.05, 0) is 17.3 Å². The van der Waals surface area contributed by atoms with Crippen LogP contribution < -0.4 is 0 Å². The Bertz CT molecular complexity index is 933. The zero-order valence-corrected chi connectivity index (χ0v) is 11.6. The molecule has 112 valence electrons. The molecule has 0 bridgehead atoms. The first-order valence-electron chi connectivity index (χ1n) is 6.74. The second-order valence-electron chi connectivity index (χ2n) is 4.72. The van der Waals surface area contributed by atoms with E-state index in [9.17, 15) is 4.39 Å². The molecule has 4 rings (SSSR count). The molecule has 0 atom stereocenters. The minimum Gasteiger partial charge on any atom is -0.334 e. The Hall–Kier alpha value is -3.42. The fourth-order valence-electron chi connectivity index (χ4n) is 2.14. The first-order valence-corrected chi connectivity index (χ1v) is 6.74. The molecule has 0 aliphatic heterocycles. The number of halogens is 1. The van der Waals surface area contributed by atoms with Crippen molar-refractivity contribution in [2.45, 2.75) is 0 Å². The maximum absolute atomic E-state index is 13.7. The van der Waals surface area contributed by atoms with Gasteiger partial charge in [0.25, 0.3) is 5.89 Å². The van der Waals surface area contributed by atoms with Crippen molar-refractivity contribution in [1.29, 1.82) is 0 Å². The van der Waals surface area contributed by atoms with Gasteiger partial charge < -0.3 is 4.52 Å². The minimum absolute atomic E-state index is 0.139. The number of H-pyrrole nitrogens is 1. The van der Waals surface area contributed by atoms with E-state index in [1.54, 1.807) is 18.2 Å². The van der Waals surface area contributed by atoms with Gasteiger partial charge in [0.1, 0.15) is 5.82 Å². The molecule has 0 saturated carbocycles. The van der Waals surface area contributed by atoms with Gasteiger partial charge in [-0.25, -0.2) is 4.39 Å². The summed E-state index contributed by atoms with van der Waals surface area (Å²) in [7, 11) is 0. The molecule has 0 saturated heterocycles. The Morgan fingerprint density at radius 3 is 2.35 bits per heavy atom. The van der Waals surface area contributed by atoms with Crippen LogP contribution in [0.1, 0.15) is 0 Å². The van der Waals surface area contributed by atoms with Crippen molar-refractivity contribution in [1.82, 2.24) is 30.8 Å². The van der Waals surface area contributed by atoms with Gasteiger partial charge in [-0.1, -0.05) is 41.6 Å². The highest BCUT2D eigenvalue weighted by Crippen LogP contribution is 2.25. The lowest BCUT2D eigenvalue weighted by Crippen LogP contribution is -1.85. The lowest BCUT2D eigenvalue weighted by Gasteiger charge is -1.97. The summed E-state index contributed by atoms with van der Waals surface area (Å²) < 4.78 is 18.9. The van der Waals surface area contributed by atoms with Gasteiger partial charge in [-0.3, -0.25) is 0 Å². The summed E-state index contributed by atoms with van der Waals surface area (Å²) in [6, 6.07) is 13.5. The number of hydrogen-bond acceptors (Lipinski definition) is 6. The van der Waals surface area contributed by atoms with Crippen molar-refractivity contribution in [2.24, 2.45) is 0 Å². The highest BCUT2D eigenvalue weighted by molar-refractivity contribution is 5.64. The second kappa shape index (κ2) is 5.41. The number of rotatable bonds is 3. The van der Waals surface area contributed by atoms with Crippen LogP contribution in [-0.4, -0.2) is 30.8 Å². The maximum Gasteiger partial charge on any atom is 0.261 e. The van der Waals surface area contributed by atoms with Gasteiger partial charge in [0.2, 0.25) is 11.6 Å². The summed E-state index contributed by atoms with van der Waals surface area (Å²) in [5.41, 5.74) is 1.82. The van der Waals surface area contributed by atoms with E-state index in [1.807, 2.05) is 24.3 Å².